The van der Waals surface area contributed by atoms with Gasteiger partial charge in [-0.1, -0.05) is 49.4 Å². The molecule has 0 aromatic heterocycles. The summed E-state index contributed by atoms with van der Waals surface area (Å²) in [5, 5.41) is 0. The Balaban J connectivity index is 1.97. The van der Waals surface area contributed by atoms with E-state index in [-0.39, 0.29) is 6.04 Å². The Hall–Kier alpha value is -1.80. The molecule has 2 aromatic rings. The normalized spacial score (nSPS) is 12.2. The number of nitrogens with two attached hydrogens (primary N) is 1. The summed E-state index contributed by atoms with van der Waals surface area (Å²) in [5.74, 6) is 0.906. The minimum Gasteiger partial charge on any atom is -0.491 e. The number of rotatable bonds is 5. The molecule has 19 heavy (non-hydrogen) atoms. The predicted molar refractivity (Wildman–Crippen MR) is 79.4 cm³/mol. The summed E-state index contributed by atoms with van der Waals surface area (Å²) in [4.78, 5) is 0. The highest BCUT2D eigenvalue weighted by atomic mass is 16.5. The van der Waals surface area contributed by atoms with Gasteiger partial charge in [-0.25, -0.2) is 0 Å². The van der Waals surface area contributed by atoms with E-state index in [1.165, 1.54) is 5.56 Å². The molecule has 1 unspecified atom stereocenters. The highest BCUT2D eigenvalue weighted by Crippen LogP contribution is 2.19. The van der Waals surface area contributed by atoms with Crippen LogP contribution in [0.25, 0.3) is 0 Å². The topological polar surface area (TPSA) is 35.2 Å². The molecule has 2 heteroatoms. The van der Waals surface area contributed by atoms with Crippen LogP contribution in [-0.2, 0) is 6.42 Å². The Bertz CT molecular complexity index is 519. The van der Waals surface area contributed by atoms with Crippen LogP contribution in [0.5, 0.6) is 5.75 Å². The monoisotopic (exact) mass is 255 g/mol. The van der Waals surface area contributed by atoms with Crippen LogP contribution in [-0.4, -0.2) is 6.61 Å². The number of para-hydroxylation sites is 1. The van der Waals surface area contributed by atoms with Crippen molar-refractivity contribution in [1.29, 1.82) is 0 Å². The summed E-state index contributed by atoms with van der Waals surface area (Å²) >= 11 is 0. The second-order valence-electron chi connectivity index (χ2n) is 4.78. The number of ether oxygens (including phenoxy) is 1. The van der Waals surface area contributed by atoms with E-state index in [2.05, 4.69) is 31.2 Å². The molecule has 0 radical (unpaired) electrons. The van der Waals surface area contributed by atoms with Gasteiger partial charge in [0.2, 0.25) is 0 Å². The van der Waals surface area contributed by atoms with Gasteiger partial charge < -0.3 is 10.5 Å². The number of hydrogen-bond donors (Lipinski definition) is 1. The van der Waals surface area contributed by atoms with E-state index in [0.717, 1.165) is 23.3 Å². The minimum absolute atomic E-state index is 0.0921. The molecular formula is C17H21NO. The van der Waals surface area contributed by atoms with Crippen LogP contribution < -0.4 is 10.5 Å². The Kier molecular flexibility index (Phi) is 4.58. The Labute approximate surface area is 115 Å². The summed E-state index contributed by atoms with van der Waals surface area (Å²) in [7, 11) is 0. The quantitative estimate of drug-likeness (QED) is 0.885. The van der Waals surface area contributed by atoms with Crippen molar-refractivity contribution in [2.75, 3.05) is 6.61 Å². The second kappa shape index (κ2) is 6.39. The van der Waals surface area contributed by atoms with E-state index in [9.17, 15) is 0 Å². The third-order valence-electron chi connectivity index (χ3n) is 3.33. The maximum Gasteiger partial charge on any atom is 0.122 e. The average molecular weight is 255 g/mol. The molecule has 0 spiro atoms. The second-order valence-corrected chi connectivity index (χ2v) is 4.78. The third kappa shape index (κ3) is 3.58. The van der Waals surface area contributed by atoms with Crippen LogP contribution in [0.1, 0.15) is 29.7 Å². The van der Waals surface area contributed by atoms with Gasteiger partial charge in [0.05, 0.1) is 6.04 Å². The van der Waals surface area contributed by atoms with E-state index in [0.29, 0.717) is 6.61 Å². The van der Waals surface area contributed by atoms with Gasteiger partial charge in [-0.2, -0.15) is 0 Å². The molecule has 2 aromatic carbocycles. The number of benzene rings is 2. The predicted octanol–water partition coefficient (Wildman–Crippen LogP) is 3.64. The first-order valence-electron chi connectivity index (χ1n) is 6.73. The SMILES string of the molecule is CCc1ccc(C(N)COc2ccccc2C)cc1. The van der Waals surface area contributed by atoms with Gasteiger partial charge in [-0.3, -0.25) is 0 Å². The zero-order valence-corrected chi connectivity index (χ0v) is 11.6. The number of aryl methyl sites for hydroxylation is 2. The van der Waals surface area contributed by atoms with Gasteiger partial charge in [0.15, 0.2) is 0 Å². The lowest BCUT2D eigenvalue weighted by molar-refractivity contribution is 0.289. The van der Waals surface area contributed by atoms with Crippen molar-refractivity contribution in [3.63, 3.8) is 0 Å². The molecule has 0 heterocycles. The average Bonchev–Trinajstić information content (AvgIpc) is 2.46. The first-order chi connectivity index (χ1) is 9.20. The van der Waals surface area contributed by atoms with Gasteiger partial charge in [0.1, 0.15) is 12.4 Å². The van der Waals surface area contributed by atoms with Crippen molar-refractivity contribution in [3.8, 4) is 5.75 Å². The molecule has 2 nitrogen and oxygen atoms in total. The Morgan fingerprint density at radius 1 is 1.05 bits per heavy atom. The smallest absolute Gasteiger partial charge is 0.122 e. The van der Waals surface area contributed by atoms with E-state index in [1.807, 2.05) is 31.2 Å². The molecule has 0 saturated carbocycles. The summed E-state index contributed by atoms with van der Waals surface area (Å²) in [6, 6.07) is 16.3. The van der Waals surface area contributed by atoms with Crippen LogP contribution in [0.15, 0.2) is 48.5 Å². The lowest BCUT2D eigenvalue weighted by Gasteiger charge is -2.15. The fourth-order valence-electron chi connectivity index (χ4n) is 1.99. The van der Waals surface area contributed by atoms with Gasteiger partial charge in [-0.05, 0) is 36.1 Å². The van der Waals surface area contributed by atoms with Crippen molar-refractivity contribution in [1.82, 2.24) is 0 Å². The van der Waals surface area contributed by atoms with Crippen molar-refractivity contribution in [2.24, 2.45) is 5.73 Å². The third-order valence-corrected chi connectivity index (χ3v) is 3.33. The van der Waals surface area contributed by atoms with Gasteiger partial charge >= 0.3 is 0 Å². The Morgan fingerprint density at radius 2 is 1.74 bits per heavy atom. The molecule has 100 valence electrons. The van der Waals surface area contributed by atoms with Crippen LogP contribution >= 0.6 is 0 Å². The van der Waals surface area contributed by atoms with Crippen molar-refractivity contribution < 1.29 is 4.74 Å². The first-order valence-corrected chi connectivity index (χ1v) is 6.73. The number of hydrogen-bond acceptors (Lipinski definition) is 2. The molecule has 0 aliphatic carbocycles. The van der Waals surface area contributed by atoms with E-state index >= 15 is 0 Å². The summed E-state index contributed by atoms with van der Waals surface area (Å²) in [6.07, 6.45) is 1.05. The highest BCUT2D eigenvalue weighted by molar-refractivity contribution is 5.32. The van der Waals surface area contributed by atoms with Gasteiger partial charge in [-0.15, -0.1) is 0 Å². The zero-order chi connectivity index (χ0) is 13.7. The fraction of sp³-hybridized carbons (Fsp3) is 0.294. The summed E-state index contributed by atoms with van der Waals surface area (Å²) < 4.78 is 5.78. The largest absolute Gasteiger partial charge is 0.491 e. The zero-order valence-electron chi connectivity index (χ0n) is 11.6. The Morgan fingerprint density at radius 3 is 2.37 bits per heavy atom. The molecule has 0 amide bonds. The molecule has 1 atom stereocenters. The summed E-state index contributed by atoms with van der Waals surface area (Å²) in [5.41, 5.74) is 9.74. The molecule has 0 bridgehead atoms. The van der Waals surface area contributed by atoms with Gasteiger partial charge in [0, 0.05) is 0 Å². The van der Waals surface area contributed by atoms with E-state index in [1.54, 1.807) is 0 Å². The lowest BCUT2D eigenvalue weighted by atomic mass is 10.1. The van der Waals surface area contributed by atoms with Crippen molar-refractivity contribution in [2.45, 2.75) is 26.3 Å². The van der Waals surface area contributed by atoms with Crippen LogP contribution in [0.3, 0.4) is 0 Å². The summed E-state index contributed by atoms with van der Waals surface area (Å²) in [6.45, 7) is 4.68. The molecule has 0 aliphatic heterocycles. The maximum atomic E-state index is 6.16. The van der Waals surface area contributed by atoms with Crippen LogP contribution in [0.4, 0.5) is 0 Å². The lowest BCUT2D eigenvalue weighted by Crippen LogP contribution is -2.19. The van der Waals surface area contributed by atoms with Crippen molar-refractivity contribution >= 4 is 0 Å². The maximum absolute atomic E-state index is 6.16. The van der Waals surface area contributed by atoms with E-state index < -0.39 is 0 Å². The van der Waals surface area contributed by atoms with E-state index in [4.69, 9.17) is 10.5 Å². The highest BCUT2D eigenvalue weighted by Gasteiger charge is 2.07. The fourth-order valence-corrected chi connectivity index (χ4v) is 1.99. The molecule has 2 N–H and O–H groups in total. The van der Waals surface area contributed by atoms with Gasteiger partial charge in [0.25, 0.3) is 0 Å². The first kappa shape index (κ1) is 13.6. The minimum atomic E-state index is -0.0921. The van der Waals surface area contributed by atoms with Crippen LogP contribution in [0.2, 0.25) is 0 Å². The van der Waals surface area contributed by atoms with Crippen molar-refractivity contribution in [3.05, 3.63) is 65.2 Å². The molecule has 0 fully saturated rings. The molecule has 2 rings (SSSR count). The standard InChI is InChI=1S/C17H21NO/c1-3-14-8-10-15(11-9-14)16(18)12-19-17-7-5-4-6-13(17)2/h4-11,16H,3,12,18H2,1-2H3. The molecule has 0 aliphatic rings. The molecule has 0 saturated heterocycles. The molecular weight excluding hydrogens is 234 g/mol. The van der Waals surface area contributed by atoms with Crippen LogP contribution in [0, 0.1) is 6.92 Å².